The summed E-state index contributed by atoms with van der Waals surface area (Å²) in [5.74, 6) is -0.328. The van der Waals surface area contributed by atoms with E-state index in [1.54, 1.807) is 23.1 Å². The highest BCUT2D eigenvalue weighted by molar-refractivity contribution is 7.89. The largest absolute Gasteiger partial charge is 0.311 e. The molecule has 0 bridgehead atoms. The van der Waals surface area contributed by atoms with Gasteiger partial charge in [0.25, 0.3) is 10.0 Å². The maximum Gasteiger partial charge on any atom is 0.267 e. The first-order chi connectivity index (χ1) is 18.6. The van der Waals surface area contributed by atoms with E-state index >= 15 is 0 Å². The molecule has 1 saturated carbocycles. The molecule has 2 unspecified atom stereocenters. The molecule has 39 heavy (non-hydrogen) atoms. The molecule has 2 amide bonds. The predicted molar refractivity (Wildman–Crippen MR) is 149 cm³/mol. The van der Waals surface area contributed by atoms with Gasteiger partial charge >= 0.3 is 0 Å². The molecule has 1 aliphatic carbocycles. The van der Waals surface area contributed by atoms with Gasteiger partial charge in [-0.3, -0.25) is 19.4 Å². The van der Waals surface area contributed by atoms with E-state index in [0.29, 0.717) is 23.1 Å². The van der Waals surface area contributed by atoms with Crippen molar-refractivity contribution in [3.05, 3.63) is 75.1 Å². The van der Waals surface area contributed by atoms with E-state index in [9.17, 15) is 18.0 Å². The zero-order chi connectivity index (χ0) is 27.5. The van der Waals surface area contributed by atoms with Gasteiger partial charge in [-0.25, -0.2) is 12.7 Å². The lowest BCUT2D eigenvalue weighted by Crippen LogP contribution is -2.67. The van der Waals surface area contributed by atoms with Crippen LogP contribution < -0.4 is 0 Å². The fraction of sp³-hybridized carbons (Fsp3) is 0.407. The van der Waals surface area contributed by atoms with Crippen LogP contribution in [-0.4, -0.2) is 77.0 Å². The van der Waals surface area contributed by atoms with Gasteiger partial charge in [0.05, 0.1) is 11.6 Å². The van der Waals surface area contributed by atoms with Gasteiger partial charge in [-0.15, -0.1) is 0 Å². The van der Waals surface area contributed by atoms with Crippen LogP contribution in [0.25, 0.3) is 0 Å². The maximum atomic E-state index is 14.2. The van der Waals surface area contributed by atoms with Gasteiger partial charge in [0.1, 0.15) is 22.8 Å². The van der Waals surface area contributed by atoms with Gasteiger partial charge in [-0.05, 0) is 74.7 Å². The van der Waals surface area contributed by atoms with Crippen LogP contribution in [0, 0.1) is 0 Å². The number of fused-ring (bicyclic) bond motifs is 1. The Labute approximate surface area is 242 Å². The minimum absolute atomic E-state index is 0.00863. The number of amides is 2. The van der Waals surface area contributed by atoms with E-state index in [2.05, 4.69) is 0 Å². The first-order valence-electron chi connectivity index (χ1n) is 13.0. The number of likely N-dealkylation sites (tertiary alicyclic amines) is 1. The molecule has 2 aromatic rings. The smallest absolute Gasteiger partial charge is 0.267 e. The minimum Gasteiger partial charge on any atom is -0.311 e. The van der Waals surface area contributed by atoms with Crippen LogP contribution in [0.2, 0.25) is 15.1 Å². The lowest BCUT2D eigenvalue weighted by Gasteiger charge is -2.49. The monoisotopic (exact) mass is 608 g/mol. The van der Waals surface area contributed by atoms with E-state index in [1.165, 1.54) is 33.6 Å². The molecule has 6 rings (SSSR count). The molecule has 2 atom stereocenters. The van der Waals surface area contributed by atoms with Crippen molar-refractivity contribution in [2.24, 2.45) is 0 Å². The Balaban J connectivity index is 1.49. The molecule has 12 heteroatoms. The Bertz CT molecular complexity index is 1470. The zero-order valence-electron chi connectivity index (χ0n) is 21.0. The van der Waals surface area contributed by atoms with Crippen molar-refractivity contribution in [1.82, 2.24) is 19.0 Å². The molecule has 3 fully saturated rings. The fourth-order valence-electron chi connectivity index (χ4n) is 5.69. The summed E-state index contributed by atoms with van der Waals surface area (Å²) in [5, 5.41) is 0.825. The van der Waals surface area contributed by atoms with Gasteiger partial charge in [0, 0.05) is 28.7 Å². The van der Waals surface area contributed by atoms with Crippen molar-refractivity contribution in [3.63, 3.8) is 0 Å². The van der Waals surface area contributed by atoms with E-state index in [4.69, 9.17) is 34.8 Å². The first kappa shape index (κ1) is 26.9. The van der Waals surface area contributed by atoms with Crippen LogP contribution in [0.15, 0.2) is 59.4 Å². The summed E-state index contributed by atoms with van der Waals surface area (Å²) < 4.78 is 29.7. The van der Waals surface area contributed by atoms with E-state index in [1.807, 2.05) is 11.0 Å². The first-order valence-corrected chi connectivity index (χ1v) is 15.6. The lowest BCUT2D eigenvalue weighted by atomic mass is 9.99. The van der Waals surface area contributed by atoms with Gasteiger partial charge < -0.3 is 4.90 Å². The second-order valence-corrected chi connectivity index (χ2v) is 13.5. The number of halogens is 3. The number of benzene rings is 2. The van der Waals surface area contributed by atoms with Crippen molar-refractivity contribution in [3.8, 4) is 0 Å². The number of hydrogen-bond acceptors (Lipinski definition) is 5. The second-order valence-electron chi connectivity index (χ2n) is 10.4. The summed E-state index contributed by atoms with van der Waals surface area (Å²) >= 11 is 18.7. The molecule has 206 valence electrons. The summed E-state index contributed by atoms with van der Waals surface area (Å²) in [4.78, 5) is 32.9. The highest BCUT2D eigenvalue weighted by atomic mass is 35.5. The highest BCUT2D eigenvalue weighted by Crippen LogP contribution is 2.40. The standard InChI is InChI=1S/C27H27Cl3N4O4S/c28-18-5-3-4-17(12-18)13-22-26(35)32(20-7-8-20)16-25-33(39(37,38)24-9-6-19(29)14-21(24)30)15-23(27(36)34(22)25)31-10-1-2-11-31/h3-6,9,12,14,16,20,22-23H,1-2,7-8,10-11,13,15H2. The quantitative estimate of drug-likeness (QED) is 0.486. The van der Waals surface area contributed by atoms with Crippen molar-refractivity contribution in [1.29, 1.82) is 0 Å². The van der Waals surface area contributed by atoms with Gasteiger partial charge in [0.15, 0.2) is 0 Å². The predicted octanol–water partition coefficient (Wildman–Crippen LogP) is 4.36. The number of carbonyl (C=O) groups excluding carboxylic acids is 2. The van der Waals surface area contributed by atoms with Crippen LogP contribution in [0.3, 0.4) is 0 Å². The molecule has 8 nitrogen and oxygen atoms in total. The molecule has 0 N–H and O–H groups in total. The summed E-state index contributed by atoms with van der Waals surface area (Å²) in [6, 6.07) is 9.73. The molecule has 3 heterocycles. The number of hydrogen-bond donors (Lipinski definition) is 0. The van der Waals surface area contributed by atoms with Gasteiger partial charge in [-0.2, -0.15) is 0 Å². The minimum atomic E-state index is -4.22. The van der Waals surface area contributed by atoms with Gasteiger partial charge in [-0.1, -0.05) is 46.9 Å². The molecular formula is C27H27Cl3N4O4S. The normalized spacial score (nSPS) is 24.3. The molecular weight excluding hydrogens is 583 g/mol. The molecule has 0 radical (unpaired) electrons. The fourth-order valence-corrected chi connectivity index (χ4v) is 8.10. The molecule has 0 aromatic heterocycles. The van der Waals surface area contributed by atoms with Crippen LogP contribution in [0.4, 0.5) is 0 Å². The van der Waals surface area contributed by atoms with Crippen LogP contribution >= 0.6 is 34.8 Å². The van der Waals surface area contributed by atoms with Crippen LogP contribution in [0.1, 0.15) is 31.2 Å². The molecule has 3 aliphatic heterocycles. The third kappa shape index (κ3) is 4.93. The average molecular weight is 610 g/mol. The van der Waals surface area contributed by atoms with Gasteiger partial charge in [0.2, 0.25) is 11.8 Å². The lowest BCUT2D eigenvalue weighted by molar-refractivity contribution is -0.151. The second kappa shape index (κ2) is 10.3. The van der Waals surface area contributed by atoms with E-state index in [0.717, 1.165) is 31.2 Å². The molecule has 2 aromatic carbocycles. The zero-order valence-corrected chi connectivity index (χ0v) is 24.1. The van der Waals surface area contributed by atoms with Crippen molar-refractivity contribution in [2.75, 3.05) is 19.6 Å². The van der Waals surface area contributed by atoms with Crippen molar-refractivity contribution in [2.45, 2.75) is 55.1 Å². The maximum absolute atomic E-state index is 14.2. The van der Waals surface area contributed by atoms with Crippen molar-refractivity contribution >= 4 is 56.6 Å². The van der Waals surface area contributed by atoms with Crippen molar-refractivity contribution < 1.29 is 18.0 Å². The Morgan fingerprint density at radius 3 is 2.28 bits per heavy atom. The Morgan fingerprint density at radius 2 is 1.62 bits per heavy atom. The molecule has 2 saturated heterocycles. The summed E-state index contributed by atoms with van der Waals surface area (Å²) in [6.07, 6.45) is 5.21. The number of nitrogens with zero attached hydrogens (tertiary/aromatic N) is 4. The topological polar surface area (TPSA) is 81.2 Å². The molecule has 0 spiro atoms. The third-order valence-corrected chi connectivity index (χ3v) is 10.5. The number of sulfonamides is 1. The third-order valence-electron chi connectivity index (χ3n) is 7.77. The van der Waals surface area contributed by atoms with E-state index < -0.39 is 22.1 Å². The molecule has 4 aliphatic rings. The highest BCUT2D eigenvalue weighted by Gasteiger charge is 2.53. The Kier molecular flexibility index (Phi) is 7.08. The Morgan fingerprint density at radius 1 is 0.897 bits per heavy atom. The summed E-state index contributed by atoms with van der Waals surface area (Å²) in [7, 11) is -4.22. The van der Waals surface area contributed by atoms with Crippen LogP contribution in [-0.2, 0) is 26.0 Å². The number of carbonyl (C=O) groups is 2. The average Bonchev–Trinajstić information content (AvgIpc) is 3.58. The van der Waals surface area contributed by atoms with E-state index in [-0.39, 0.29) is 46.6 Å². The SMILES string of the molecule is O=C1C(Cc2cccc(Cl)c2)N2C(=O)C(N3CCCC3)CN(S(=O)(=O)c3ccc(Cl)cc3Cl)C2=CN1C1CC1. The number of rotatable bonds is 6. The Hall–Kier alpha value is -2.30. The van der Waals surface area contributed by atoms with Crippen LogP contribution in [0.5, 0.6) is 0 Å². The summed E-state index contributed by atoms with van der Waals surface area (Å²) in [6.45, 7) is 1.29. The summed E-state index contributed by atoms with van der Waals surface area (Å²) in [5.41, 5.74) is 0.782.